The second-order valence-corrected chi connectivity index (χ2v) is 8.12. The van der Waals surface area contributed by atoms with Crippen molar-refractivity contribution in [2.75, 3.05) is 11.9 Å². The summed E-state index contributed by atoms with van der Waals surface area (Å²) >= 11 is 1.51. The van der Waals surface area contributed by atoms with Crippen molar-refractivity contribution in [2.24, 2.45) is 0 Å². The number of anilines is 1. The van der Waals surface area contributed by atoms with E-state index in [2.05, 4.69) is 25.3 Å². The van der Waals surface area contributed by atoms with Crippen LogP contribution in [-0.2, 0) is 6.42 Å². The van der Waals surface area contributed by atoms with Crippen LogP contribution < -0.4 is 10.9 Å². The molecule has 9 heteroatoms. The number of nitrogens with zero attached hydrogens (tertiary/aromatic N) is 4. The van der Waals surface area contributed by atoms with Crippen molar-refractivity contribution >= 4 is 33.1 Å². The van der Waals surface area contributed by atoms with Crippen LogP contribution in [0.15, 0.2) is 53.2 Å². The number of nitrogens with one attached hydrogen (secondary N) is 2. The third-order valence-corrected chi connectivity index (χ3v) is 6.24. The van der Waals surface area contributed by atoms with E-state index in [-0.39, 0.29) is 5.56 Å². The first-order chi connectivity index (χ1) is 15.1. The minimum Gasteiger partial charge on any atom is -0.368 e. The lowest BCUT2D eigenvalue weighted by molar-refractivity contribution is 0.630. The zero-order valence-corrected chi connectivity index (χ0v) is 17.5. The Hall–Kier alpha value is -3.59. The number of fused-ring (bicyclic) bond motifs is 2. The number of hydrogen-bond acceptors (Lipinski definition) is 6. The average Bonchev–Trinajstić information content (AvgIpc) is 3.39. The number of rotatable bonds is 6. The van der Waals surface area contributed by atoms with Gasteiger partial charge in [0.05, 0.1) is 11.9 Å². The summed E-state index contributed by atoms with van der Waals surface area (Å²) in [6.07, 6.45) is 4.41. The Labute approximate surface area is 180 Å². The number of hydrogen-bond donors (Lipinski definition) is 2. The molecule has 0 aliphatic rings. The molecule has 0 radical (unpaired) electrons. The fourth-order valence-electron chi connectivity index (χ4n) is 3.79. The average molecular weight is 435 g/mol. The van der Waals surface area contributed by atoms with Gasteiger partial charge in [-0.15, -0.1) is 11.3 Å². The smallest absolute Gasteiger partial charge is 0.264 e. The highest BCUT2D eigenvalue weighted by molar-refractivity contribution is 7.15. The molecular formula is C22H19FN6OS. The summed E-state index contributed by atoms with van der Waals surface area (Å²) in [5, 5.41) is 5.24. The van der Waals surface area contributed by atoms with Crippen molar-refractivity contribution in [1.82, 2.24) is 24.3 Å². The van der Waals surface area contributed by atoms with Crippen LogP contribution in [0, 0.1) is 12.7 Å². The standard InChI is InChI=1S/C22H19FN6OS/c1-13-10-31-17-9-14(18(22(30)29(13)17)15-6-2-3-7-16(15)23)5-4-8-24-20-19-21(26-11-25-19)28-12-27-20/h2-3,6-7,9-12H,4-5,8H2,1H3,(H2,24,25,26,27,28). The van der Waals surface area contributed by atoms with Crippen LogP contribution in [0.5, 0.6) is 0 Å². The minimum atomic E-state index is -0.394. The Morgan fingerprint density at radius 1 is 1.23 bits per heavy atom. The summed E-state index contributed by atoms with van der Waals surface area (Å²) in [5.41, 5.74) is 3.63. The van der Waals surface area contributed by atoms with Crippen LogP contribution in [0.25, 0.3) is 27.1 Å². The maximum absolute atomic E-state index is 14.6. The van der Waals surface area contributed by atoms with Crippen LogP contribution in [0.2, 0.25) is 0 Å². The monoisotopic (exact) mass is 434 g/mol. The number of halogens is 1. The Morgan fingerprint density at radius 3 is 2.97 bits per heavy atom. The first kappa shape index (κ1) is 19.4. The molecule has 0 bridgehead atoms. The highest BCUT2D eigenvalue weighted by Crippen LogP contribution is 2.27. The Kier molecular flexibility index (Phi) is 4.95. The Morgan fingerprint density at radius 2 is 2.10 bits per heavy atom. The van der Waals surface area contributed by atoms with E-state index < -0.39 is 5.82 Å². The van der Waals surface area contributed by atoms with Crippen molar-refractivity contribution in [1.29, 1.82) is 0 Å². The number of thiazole rings is 1. The number of benzene rings is 1. The molecule has 0 aliphatic carbocycles. The van der Waals surface area contributed by atoms with E-state index in [9.17, 15) is 9.18 Å². The molecule has 7 nitrogen and oxygen atoms in total. The van der Waals surface area contributed by atoms with Gasteiger partial charge in [0.2, 0.25) is 0 Å². The second-order valence-electron chi connectivity index (χ2n) is 7.23. The van der Waals surface area contributed by atoms with Crippen LogP contribution in [0.4, 0.5) is 10.2 Å². The zero-order valence-electron chi connectivity index (χ0n) is 16.7. The summed E-state index contributed by atoms with van der Waals surface area (Å²) < 4.78 is 16.3. The van der Waals surface area contributed by atoms with E-state index in [4.69, 9.17) is 0 Å². The molecule has 2 N–H and O–H groups in total. The molecule has 0 atom stereocenters. The molecule has 1 aromatic carbocycles. The van der Waals surface area contributed by atoms with E-state index in [1.807, 2.05) is 18.4 Å². The maximum atomic E-state index is 14.6. The quantitative estimate of drug-likeness (QED) is 0.391. The van der Waals surface area contributed by atoms with Crippen molar-refractivity contribution in [3.8, 4) is 11.1 Å². The molecule has 0 amide bonds. The Balaban J connectivity index is 1.45. The molecular weight excluding hydrogens is 415 g/mol. The molecule has 31 heavy (non-hydrogen) atoms. The largest absolute Gasteiger partial charge is 0.368 e. The highest BCUT2D eigenvalue weighted by atomic mass is 32.1. The molecule has 0 aliphatic heterocycles. The predicted molar refractivity (Wildman–Crippen MR) is 120 cm³/mol. The molecule has 0 saturated heterocycles. The summed E-state index contributed by atoms with van der Waals surface area (Å²) in [5.74, 6) is 0.288. The SMILES string of the molecule is Cc1csc2cc(CCCNc3ncnc4nc[nH]c34)c(-c3ccccc3F)c(=O)n12. The number of aromatic amines is 1. The fourth-order valence-corrected chi connectivity index (χ4v) is 4.73. The summed E-state index contributed by atoms with van der Waals surface area (Å²) in [6, 6.07) is 8.44. The number of aromatic nitrogens is 5. The first-order valence-electron chi connectivity index (χ1n) is 9.89. The predicted octanol–water partition coefficient (Wildman–Crippen LogP) is 4.19. The fraction of sp³-hybridized carbons (Fsp3) is 0.182. The lowest BCUT2D eigenvalue weighted by atomic mass is 9.98. The third kappa shape index (κ3) is 3.46. The first-order valence-corrected chi connectivity index (χ1v) is 10.8. The van der Waals surface area contributed by atoms with Gasteiger partial charge in [-0.1, -0.05) is 18.2 Å². The van der Waals surface area contributed by atoms with Gasteiger partial charge in [0, 0.05) is 23.2 Å². The van der Waals surface area contributed by atoms with E-state index in [0.717, 1.165) is 28.0 Å². The number of imidazole rings is 1. The van der Waals surface area contributed by atoms with Gasteiger partial charge in [-0.25, -0.2) is 19.3 Å². The van der Waals surface area contributed by atoms with Crippen LogP contribution in [0.1, 0.15) is 17.7 Å². The van der Waals surface area contributed by atoms with Crippen molar-refractivity contribution in [2.45, 2.75) is 19.8 Å². The van der Waals surface area contributed by atoms with Crippen molar-refractivity contribution in [3.05, 3.63) is 75.8 Å². The number of pyridine rings is 1. The maximum Gasteiger partial charge on any atom is 0.264 e. The normalized spacial score (nSPS) is 11.4. The van der Waals surface area contributed by atoms with E-state index in [0.29, 0.717) is 35.6 Å². The molecule has 4 aromatic heterocycles. The molecule has 4 heterocycles. The molecule has 156 valence electrons. The second kappa shape index (κ2) is 7.92. The highest BCUT2D eigenvalue weighted by Gasteiger charge is 2.18. The number of H-pyrrole nitrogens is 1. The van der Waals surface area contributed by atoms with Gasteiger partial charge < -0.3 is 10.3 Å². The van der Waals surface area contributed by atoms with Gasteiger partial charge in [-0.3, -0.25) is 9.20 Å². The van der Waals surface area contributed by atoms with E-state index in [1.54, 1.807) is 28.9 Å². The zero-order chi connectivity index (χ0) is 21.4. The van der Waals surface area contributed by atoms with E-state index in [1.165, 1.54) is 23.7 Å². The van der Waals surface area contributed by atoms with Crippen molar-refractivity contribution in [3.63, 3.8) is 0 Å². The number of aryl methyl sites for hydroxylation is 2. The van der Waals surface area contributed by atoms with Gasteiger partial charge in [-0.2, -0.15) is 0 Å². The van der Waals surface area contributed by atoms with Crippen LogP contribution >= 0.6 is 11.3 Å². The summed E-state index contributed by atoms with van der Waals surface area (Å²) in [7, 11) is 0. The van der Waals surface area contributed by atoms with Gasteiger partial charge in [0.15, 0.2) is 11.5 Å². The third-order valence-electron chi connectivity index (χ3n) is 5.24. The van der Waals surface area contributed by atoms with Crippen LogP contribution in [0.3, 0.4) is 0 Å². The van der Waals surface area contributed by atoms with Gasteiger partial charge >= 0.3 is 0 Å². The van der Waals surface area contributed by atoms with Crippen molar-refractivity contribution < 1.29 is 4.39 Å². The van der Waals surface area contributed by atoms with Gasteiger partial charge in [0.1, 0.15) is 22.5 Å². The topological polar surface area (TPSA) is 88.0 Å². The van der Waals surface area contributed by atoms with E-state index >= 15 is 0 Å². The summed E-state index contributed by atoms with van der Waals surface area (Å²) in [4.78, 5) is 29.7. The summed E-state index contributed by atoms with van der Waals surface area (Å²) in [6.45, 7) is 2.52. The molecule has 0 spiro atoms. The van der Waals surface area contributed by atoms with Gasteiger partial charge in [0.25, 0.3) is 5.56 Å². The minimum absolute atomic E-state index is 0.181. The Bertz CT molecular complexity index is 1450. The lowest BCUT2D eigenvalue weighted by Crippen LogP contribution is -2.19. The molecule has 5 rings (SSSR count). The molecule has 0 fully saturated rings. The van der Waals surface area contributed by atoms with Crippen LogP contribution in [-0.4, -0.2) is 30.9 Å². The molecule has 0 saturated carbocycles. The lowest BCUT2D eigenvalue weighted by Gasteiger charge is -2.12. The molecule has 0 unspecified atom stereocenters. The van der Waals surface area contributed by atoms with Gasteiger partial charge in [-0.05, 0) is 37.5 Å². The molecule has 5 aromatic rings.